The lowest BCUT2D eigenvalue weighted by Crippen LogP contribution is -2.07. The summed E-state index contributed by atoms with van der Waals surface area (Å²) in [5.74, 6) is 1.12. The van der Waals surface area contributed by atoms with Crippen molar-refractivity contribution < 1.29 is 24.1 Å². The van der Waals surface area contributed by atoms with Crippen molar-refractivity contribution in [2.24, 2.45) is 0 Å². The minimum Gasteiger partial charge on any atom is -0.508 e. The van der Waals surface area contributed by atoms with Crippen molar-refractivity contribution in [3.63, 3.8) is 0 Å². The van der Waals surface area contributed by atoms with Crippen molar-refractivity contribution in [2.75, 3.05) is 20.8 Å². The summed E-state index contributed by atoms with van der Waals surface area (Å²) in [7, 11) is 3.00. The van der Waals surface area contributed by atoms with Crippen LogP contribution in [0.2, 0.25) is 0 Å². The van der Waals surface area contributed by atoms with Gasteiger partial charge in [0.05, 0.1) is 26.4 Å². The maximum absolute atomic E-state index is 12.6. The van der Waals surface area contributed by atoms with Gasteiger partial charge in [0.1, 0.15) is 5.75 Å². The zero-order valence-electron chi connectivity index (χ0n) is 12.8. The molecular weight excluding hydrogens is 284 g/mol. The van der Waals surface area contributed by atoms with Crippen LogP contribution in [0.1, 0.15) is 22.8 Å². The predicted molar refractivity (Wildman–Crippen MR) is 82.3 cm³/mol. The predicted octanol–water partition coefficient (Wildman–Crippen LogP) is 3.04. The number of rotatable bonds is 6. The Morgan fingerprint density at radius 1 is 1.00 bits per heavy atom. The second kappa shape index (κ2) is 6.85. The van der Waals surface area contributed by atoms with E-state index in [2.05, 4.69) is 0 Å². The van der Waals surface area contributed by atoms with Crippen molar-refractivity contribution >= 4 is 5.78 Å². The molecule has 2 aromatic carbocycles. The minimum absolute atomic E-state index is 0.105. The monoisotopic (exact) mass is 302 g/mol. The van der Waals surface area contributed by atoms with Gasteiger partial charge in [-0.15, -0.1) is 0 Å². The Kier molecular flexibility index (Phi) is 4.88. The number of ether oxygens (including phenoxy) is 3. The highest BCUT2D eigenvalue weighted by Gasteiger charge is 2.21. The third-order valence-corrected chi connectivity index (χ3v) is 3.16. The molecular formula is C17H18O5. The number of methoxy groups -OCH3 is 2. The number of hydrogen-bond donors (Lipinski definition) is 1. The van der Waals surface area contributed by atoms with E-state index in [9.17, 15) is 9.90 Å². The number of carbonyl (C=O) groups is 1. The molecule has 0 aromatic heterocycles. The molecule has 0 saturated carbocycles. The lowest BCUT2D eigenvalue weighted by molar-refractivity contribution is 0.103. The summed E-state index contributed by atoms with van der Waals surface area (Å²) in [5.41, 5.74) is 0.821. The molecule has 0 atom stereocenters. The zero-order chi connectivity index (χ0) is 16.1. The first-order valence-corrected chi connectivity index (χ1v) is 6.83. The number of phenolic OH excluding ortho intramolecular Hbond substituents is 1. The van der Waals surface area contributed by atoms with Crippen LogP contribution in [0.15, 0.2) is 36.4 Å². The summed E-state index contributed by atoms with van der Waals surface area (Å²) in [5, 5.41) is 9.32. The molecule has 0 aliphatic heterocycles. The maximum atomic E-state index is 12.6. The second-order valence-corrected chi connectivity index (χ2v) is 4.49. The van der Waals surface area contributed by atoms with Gasteiger partial charge in [-0.05, 0) is 43.3 Å². The van der Waals surface area contributed by atoms with Gasteiger partial charge >= 0.3 is 0 Å². The highest BCUT2D eigenvalue weighted by atomic mass is 16.5. The van der Waals surface area contributed by atoms with Crippen LogP contribution < -0.4 is 14.2 Å². The molecule has 1 N–H and O–H groups in total. The van der Waals surface area contributed by atoms with Crippen molar-refractivity contribution in [3.05, 3.63) is 47.5 Å². The van der Waals surface area contributed by atoms with Crippen LogP contribution in [0.25, 0.3) is 0 Å². The average molecular weight is 302 g/mol. The first-order chi connectivity index (χ1) is 10.6. The Morgan fingerprint density at radius 2 is 1.68 bits per heavy atom. The number of hydrogen-bond acceptors (Lipinski definition) is 5. The smallest absolute Gasteiger partial charge is 0.204 e. The Morgan fingerprint density at radius 3 is 2.23 bits per heavy atom. The third kappa shape index (κ3) is 2.98. The first kappa shape index (κ1) is 15.7. The molecule has 22 heavy (non-hydrogen) atoms. The molecule has 0 aliphatic rings. The third-order valence-electron chi connectivity index (χ3n) is 3.16. The van der Waals surface area contributed by atoms with Gasteiger partial charge in [0.25, 0.3) is 0 Å². The second-order valence-electron chi connectivity index (χ2n) is 4.49. The highest BCUT2D eigenvalue weighted by Crippen LogP contribution is 2.40. The molecule has 2 rings (SSSR count). The number of aromatic hydroxyl groups is 1. The van der Waals surface area contributed by atoms with E-state index in [1.807, 2.05) is 6.92 Å². The molecule has 0 bridgehead atoms. The molecule has 0 saturated heterocycles. The number of phenols is 1. The van der Waals surface area contributed by atoms with Crippen LogP contribution in [-0.2, 0) is 0 Å². The van der Waals surface area contributed by atoms with Gasteiger partial charge in [-0.1, -0.05) is 0 Å². The van der Waals surface area contributed by atoms with E-state index in [-0.39, 0.29) is 11.5 Å². The molecule has 5 nitrogen and oxygen atoms in total. The fraction of sp³-hybridized carbons (Fsp3) is 0.235. The van der Waals surface area contributed by atoms with Crippen molar-refractivity contribution in [1.82, 2.24) is 0 Å². The van der Waals surface area contributed by atoms with E-state index in [0.717, 1.165) is 0 Å². The van der Waals surface area contributed by atoms with E-state index in [1.54, 1.807) is 24.3 Å². The van der Waals surface area contributed by atoms with Crippen molar-refractivity contribution in [1.29, 1.82) is 0 Å². The van der Waals surface area contributed by atoms with Crippen LogP contribution in [0.5, 0.6) is 23.0 Å². The normalized spacial score (nSPS) is 10.1. The summed E-state index contributed by atoms with van der Waals surface area (Å²) in [4.78, 5) is 12.6. The quantitative estimate of drug-likeness (QED) is 0.831. The average Bonchev–Trinajstić information content (AvgIpc) is 2.54. The van der Waals surface area contributed by atoms with Crippen LogP contribution in [0, 0.1) is 0 Å². The molecule has 0 fully saturated rings. The Bertz CT molecular complexity index is 661. The number of benzene rings is 2. The molecule has 2 aromatic rings. The minimum atomic E-state index is -0.222. The van der Waals surface area contributed by atoms with Crippen LogP contribution in [0.3, 0.4) is 0 Å². The molecule has 0 aliphatic carbocycles. The number of carbonyl (C=O) groups excluding carboxylic acids is 1. The van der Waals surface area contributed by atoms with Gasteiger partial charge in [0, 0.05) is 5.56 Å². The molecule has 0 radical (unpaired) electrons. The van der Waals surface area contributed by atoms with Crippen LogP contribution in [0.4, 0.5) is 0 Å². The van der Waals surface area contributed by atoms with Gasteiger partial charge in [0.2, 0.25) is 5.75 Å². The van der Waals surface area contributed by atoms with Crippen LogP contribution >= 0.6 is 0 Å². The van der Waals surface area contributed by atoms with Gasteiger partial charge in [-0.2, -0.15) is 0 Å². The van der Waals surface area contributed by atoms with E-state index in [4.69, 9.17) is 14.2 Å². The lowest BCUT2D eigenvalue weighted by atomic mass is 10.0. The summed E-state index contributed by atoms with van der Waals surface area (Å²) >= 11 is 0. The zero-order valence-corrected chi connectivity index (χ0v) is 12.8. The first-order valence-electron chi connectivity index (χ1n) is 6.83. The highest BCUT2D eigenvalue weighted by molar-refractivity contribution is 6.11. The Labute approximate surface area is 129 Å². The van der Waals surface area contributed by atoms with Gasteiger partial charge in [0.15, 0.2) is 17.3 Å². The summed E-state index contributed by atoms with van der Waals surface area (Å²) < 4.78 is 16.2. The van der Waals surface area contributed by atoms with E-state index < -0.39 is 0 Å². The van der Waals surface area contributed by atoms with Crippen LogP contribution in [-0.4, -0.2) is 31.7 Å². The SMILES string of the molecule is CCOc1c(OC)ccc(C(=O)c2ccc(O)cc2)c1OC. The van der Waals surface area contributed by atoms with E-state index >= 15 is 0 Å². The largest absolute Gasteiger partial charge is 0.508 e. The number of ketones is 1. The van der Waals surface area contributed by atoms with Gasteiger partial charge < -0.3 is 19.3 Å². The van der Waals surface area contributed by atoms with E-state index in [1.165, 1.54) is 26.4 Å². The van der Waals surface area contributed by atoms with E-state index in [0.29, 0.717) is 35.0 Å². The van der Waals surface area contributed by atoms with Crippen molar-refractivity contribution in [3.8, 4) is 23.0 Å². The maximum Gasteiger partial charge on any atom is 0.204 e. The topological polar surface area (TPSA) is 65.0 Å². The molecule has 0 heterocycles. The van der Waals surface area contributed by atoms with Crippen molar-refractivity contribution in [2.45, 2.75) is 6.92 Å². The molecule has 116 valence electrons. The molecule has 0 amide bonds. The standard InChI is InChI=1S/C17H18O5/c1-4-22-17-14(20-2)10-9-13(16(17)21-3)15(19)11-5-7-12(18)8-6-11/h5-10,18H,4H2,1-3H3. The van der Waals surface area contributed by atoms with Gasteiger partial charge in [-0.25, -0.2) is 0 Å². The molecule has 5 heteroatoms. The lowest BCUT2D eigenvalue weighted by Gasteiger charge is -2.16. The Balaban J connectivity index is 2.52. The van der Waals surface area contributed by atoms with Gasteiger partial charge in [-0.3, -0.25) is 4.79 Å². The summed E-state index contributed by atoms with van der Waals surface area (Å²) in [6, 6.07) is 9.35. The summed E-state index contributed by atoms with van der Waals surface area (Å²) in [6.45, 7) is 2.26. The fourth-order valence-corrected chi connectivity index (χ4v) is 2.14. The fourth-order valence-electron chi connectivity index (χ4n) is 2.14. The summed E-state index contributed by atoms with van der Waals surface area (Å²) in [6.07, 6.45) is 0. The molecule has 0 unspecified atom stereocenters. The Hall–Kier alpha value is -2.69. The molecule has 0 spiro atoms.